The second-order valence-electron chi connectivity index (χ2n) is 6.83. The molecule has 0 atom stereocenters. The highest BCUT2D eigenvalue weighted by atomic mass is 32.1. The van der Waals surface area contributed by atoms with Crippen LogP contribution in [0.1, 0.15) is 31.2 Å². The van der Waals surface area contributed by atoms with Crippen molar-refractivity contribution in [2.45, 2.75) is 39.2 Å². The van der Waals surface area contributed by atoms with Crippen LogP contribution < -0.4 is 4.74 Å². The number of methoxy groups -OCH3 is 1. The van der Waals surface area contributed by atoms with Gasteiger partial charge in [0, 0.05) is 22.7 Å². The van der Waals surface area contributed by atoms with Crippen LogP contribution in [0.4, 0.5) is 4.79 Å². The van der Waals surface area contributed by atoms with Crippen molar-refractivity contribution in [2.75, 3.05) is 20.2 Å². The molecule has 23 heavy (non-hydrogen) atoms. The number of fused-ring (bicyclic) bond motifs is 3. The standard InChI is InChI=1S/C18H23NO3S/c1-18(2,3)22-17(20)19-9-7-14-13-6-5-12(21-4)11-16(13)23-15(14)8-10-19/h5-6,11H,7-10H2,1-4H3. The number of nitrogens with zero attached hydrogens (tertiary/aromatic N) is 1. The van der Waals surface area contributed by atoms with Crippen LogP contribution >= 0.6 is 11.3 Å². The third kappa shape index (κ3) is 3.44. The van der Waals surface area contributed by atoms with Gasteiger partial charge in [0.15, 0.2) is 0 Å². The summed E-state index contributed by atoms with van der Waals surface area (Å²) in [7, 11) is 1.69. The Morgan fingerprint density at radius 3 is 2.65 bits per heavy atom. The summed E-state index contributed by atoms with van der Waals surface area (Å²) in [6.45, 7) is 7.13. The second kappa shape index (κ2) is 6.04. The van der Waals surface area contributed by atoms with Crippen LogP contribution in [0.5, 0.6) is 5.75 Å². The van der Waals surface area contributed by atoms with Gasteiger partial charge in [0.05, 0.1) is 7.11 Å². The van der Waals surface area contributed by atoms with Gasteiger partial charge in [-0.3, -0.25) is 0 Å². The van der Waals surface area contributed by atoms with Gasteiger partial charge in [0.1, 0.15) is 11.4 Å². The molecule has 1 aliphatic heterocycles. The van der Waals surface area contributed by atoms with Crippen molar-refractivity contribution in [1.82, 2.24) is 4.90 Å². The van der Waals surface area contributed by atoms with Gasteiger partial charge in [0.25, 0.3) is 0 Å². The smallest absolute Gasteiger partial charge is 0.410 e. The van der Waals surface area contributed by atoms with Crippen LogP contribution in [0.3, 0.4) is 0 Å². The molecule has 0 saturated carbocycles. The molecule has 124 valence electrons. The van der Waals surface area contributed by atoms with E-state index in [1.54, 1.807) is 7.11 Å². The van der Waals surface area contributed by atoms with Gasteiger partial charge >= 0.3 is 6.09 Å². The van der Waals surface area contributed by atoms with Crippen molar-refractivity contribution in [2.24, 2.45) is 0 Å². The molecule has 0 bridgehead atoms. The van der Waals surface area contributed by atoms with E-state index in [4.69, 9.17) is 9.47 Å². The number of benzene rings is 1. The fraction of sp³-hybridized carbons (Fsp3) is 0.500. The highest BCUT2D eigenvalue weighted by Gasteiger charge is 2.25. The lowest BCUT2D eigenvalue weighted by Gasteiger charge is -2.26. The third-order valence-corrected chi connectivity index (χ3v) is 5.23. The molecule has 2 heterocycles. The van der Waals surface area contributed by atoms with Crippen molar-refractivity contribution in [3.05, 3.63) is 28.6 Å². The predicted octanol–water partition coefficient (Wildman–Crippen LogP) is 4.25. The average Bonchev–Trinajstić information content (AvgIpc) is 2.68. The van der Waals surface area contributed by atoms with E-state index in [9.17, 15) is 4.79 Å². The molecule has 0 unspecified atom stereocenters. The van der Waals surface area contributed by atoms with Crippen LogP contribution in [0.15, 0.2) is 18.2 Å². The van der Waals surface area contributed by atoms with Crippen molar-refractivity contribution in [3.8, 4) is 5.75 Å². The van der Waals surface area contributed by atoms with E-state index in [2.05, 4.69) is 12.1 Å². The Kier molecular flexibility index (Phi) is 4.23. The fourth-order valence-corrected chi connectivity index (χ4v) is 4.16. The lowest BCUT2D eigenvalue weighted by Crippen LogP contribution is -2.38. The summed E-state index contributed by atoms with van der Waals surface area (Å²) in [6, 6.07) is 6.23. The molecule has 1 aromatic carbocycles. The zero-order chi connectivity index (χ0) is 16.6. The lowest BCUT2D eigenvalue weighted by atomic mass is 10.1. The second-order valence-corrected chi connectivity index (χ2v) is 7.97. The zero-order valence-corrected chi connectivity index (χ0v) is 15.0. The Balaban J connectivity index is 1.80. The number of carbonyl (C=O) groups is 1. The van der Waals surface area contributed by atoms with E-state index >= 15 is 0 Å². The Morgan fingerprint density at radius 1 is 1.22 bits per heavy atom. The van der Waals surface area contributed by atoms with Crippen molar-refractivity contribution < 1.29 is 14.3 Å². The van der Waals surface area contributed by atoms with Crippen LogP contribution in [-0.4, -0.2) is 36.8 Å². The molecule has 0 saturated heterocycles. The summed E-state index contributed by atoms with van der Waals surface area (Å²) in [5.74, 6) is 0.893. The number of rotatable bonds is 1. The van der Waals surface area contributed by atoms with E-state index in [-0.39, 0.29) is 6.09 Å². The Morgan fingerprint density at radius 2 is 1.96 bits per heavy atom. The average molecular weight is 333 g/mol. The molecule has 1 aliphatic rings. The monoisotopic (exact) mass is 333 g/mol. The predicted molar refractivity (Wildman–Crippen MR) is 93.6 cm³/mol. The molecule has 1 amide bonds. The number of hydrogen-bond donors (Lipinski definition) is 0. The van der Waals surface area contributed by atoms with Gasteiger partial charge in [-0.15, -0.1) is 11.3 Å². The Labute approximate surface area is 141 Å². The molecule has 3 rings (SSSR count). The van der Waals surface area contributed by atoms with E-state index in [0.717, 1.165) is 18.6 Å². The molecule has 0 aliphatic carbocycles. The van der Waals surface area contributed by atoms with E-state index in [1.165, 1.54) is 20.5 Å². The molecule has 2 aromatic rings. The molecule has 0 radical (unpaired) electrons. The van der Waals surface area contributed by atoms with Gasteiger partial charge in [-0.25, -0.2) is 4.79 Å². The molecule has 5 heteroatoms. The SMILES string of the molecule is COc1ccc2c3c(sc2c1)CCN(C(=O)OC(C)(C)C)CC3. The summed E-state index contributed by atoms with van der Waals surface area (Å²) in [4.78, 5) is 15.5. The van der Waals surface area contributed by atoms with Gasteiger partial charge in [-0.2, -0.15) is 0 Å². The minimum Gasteiger partial charge on any atom is -0.497 e. The fourth-order valence-electron chi connectivity index (χ4n) is 2.89. The minimum absolute atomic E-state index is 0.210. The van der Waals surface area contributed by atoms with E-state index in [1.807, 2.05) is 43.1 Å². The topological polar surface area (TPSA) is 38.8 Å². The number of amides is 1. The van der Waals surface area contributed by atoms with Gasteiger partial charge in [0.2, 0.25) is 0 Å². The molecule has 0 spiro atoms. The molecular formula is C18H23NO3S. The molecule has 4 nitrogen and oxygen atoms in total. The first-order chi connectivity index (χ1) is 10.9. The summed E-state index contributed by atoms with van der Waals surface area (Å²) in [6.07, 6.45) is 1.55. The molecule has 1 aromatic heterocycles. The van der Waals surface area contributed by atoms with Gasteiger partial charge in [-0.05, 0) is 62.8 Å². The van der Waals surface area contributed by atoms with E-state index < -0.39 is 5.60 Å². The quantitative estimate of drug-likeness (QED) is 0.783. The Hall–Kier alpha value is -1.75. The number of ether oxygens (including phenoxy) is 2. The summed E-state index contributed by atoms with van der Waals surface area (Å²) in [5.41, 5.74) is 0.927. The van der Waals surface area contributed by atoms with Crippen LogP contribution in [0, 0.1) is 0 Å². The molecular weight excluding hydrogens is 310 g/mol. The first kappa shape index (κ1) is 16.1. The maximum atomic E-state index is 12.3. The van der Waals surface area contributed by atoms with Crippen molar-refractivity contribution >= 4 is 27.5 Å². The summed E-state index contributed by atoms with van der Waals surface area (Å²) < 4.78 is 12.1. The van der Waals surface area contributed by atoms with E-state index in [0.29, 0.717) is 13.1 Å². The summed E-state index contributed by atoms with van der Waals surface area (Å²) in [5, 5.41) is 1.29. The van der Waals surface area contributed by atoms with Crippen molar-refractivity contribution in [3.63, 3.8) is 0 Å². The first-order valence-electron chi connectivity index (χ1n) is 7.93. The lowest BCUT2D eigenvalue weighted by molar-refractivity contribution is 0.0259. The normalized spacial score (nSPS) is 15.2. The number of carbonyl (C=O) groups excluding carboxylic acids is 1. The van der Waals surface area contributed by atoms with Crippen molar-refractivity contribution in [1.29, 1.82) is 0 Å². The maximum absolute atomic E-state index is 12.3. The van der Waals surface area contributed by atoms with Crippen LogP contribution in [0.25, 0.3) is 10.1 Å². The third-order valence-electron chi connectivity index (χ3n) is 3.98. The van der Waals surface area contributed by atoms with Gasteiger partial charge < -0.3 is 14.4 Å². The highest BCUT2D eigenvalue weighted by Crippen LogP contribution is 2.36. The van der Waals surface area contributed by atoms with Crippen LogP contribution in [0.2, 0.25) is 0 Å². The maximum Gasteiger partial charge on any atom is 0.410 e. The van der Waals surface area contributed by atoms with Gasteiger partial charge in [-0.1, -0.05) is 0 Å². The number of hydrogen-bond acceptors (Lipinski definition) is 4. The number of thiophene rings is 1. The first-order valence-corrected chi connectivity index (χ1v) is 8.75. The largest absolute Gasteiger partial charge is 0.497 e. The summed E-state index contributed by atoms with van der Waals surface area (Å²) >= 11 is 1.81. The molecule has 0 N–H and O–H groups in total. The minimum atomic E-state index is -0.447. The highest BCUT2D eigenvalue weighted by molar-refractivity contribution is 7.19. The Bertz CT molecular complexity index is 730. The zero-order valence-electron chi connectivity index (χ0n) is 14.1. The molecule has 0 fully saturated rings. The van der Waals surface area contributed by atoms with Crippen LogP contribution in [-0.2, 0) is 17.6 Å².